The van der Waals surface area contributed by atoms with Gasteiger partial charge in [-0.05, 0) is 26.0 Å². The van der Waals surface area contributed by atoms with E-state index in [1.165, 1.54) is 12.0 Å². The van der Waals surface area contributed by atoms with Crippen molar-refractivity contribution >= 4 is 40.6 Å². The Morgan fingerprint density at radius 3 is 2.59 bits per heavy atom. The third-order valence-electron chi connectivity index (χ3n) is 4.58. The van der Waals surface area contributed by atoms with Gasteiger partial charge >= 0.3 is 5.97 Å². The second kappa shape index (κ2) is 7.51. The molecule has 2 heterocycles. The zero-order valence-electron chi connectivity index (χ0n) is 15.0. The fourth-order valence-corrected chi connectivity index (χ4v) is 5.64. The van der Waals surface area contributed by atoms with Crippen LogP contribution in [0.15, 0.2) is 30.3 Å². The molecule has 2 fully saturated rings. The number of carbonyl (C=O) groups excluding carboxylic acids is 3. The van der Waals surface area contributed by atoms with Crippen molar-refractivity contribution in [1.29, 1.82) is 0 Å². The van der Waals surface area contributed by atoms with Crippen molar-refractivity contribution < 1.29 is 27.5 Å². The van der Waals surface area contributed by atoms with E-state index in [1.54, 1.807) is 26.0 Å². The first-order chi connectivity index (χ1) is 12.8. The number of nitrogens with one attached hydrogen (secondary N) is 1. The van der Waals surface area contributed by atoms with Crippen LogP contribution < -0.4 is 9.50 Å². The van der Waals surface area contributed by atoms with E-state index in [2.05, 4.69) is 5.32 Å². The van der Waals surface area contributed by atoms with Gasteiger partial charge in [0.25, 0.3) is 0 Å². The van der Waals surface area contributed by atoms with E-state index in [9.17, 15) is 18.6 Å². The van der Waals surface area contributed by atoms with E-state index >= 15 is 0 Å². The number of hydrogen-bond donors (Lipinski definition) is 1. The predicted molar refractivity (Wildman–Crippen MR) is 100 cm³/mol. The van der Waals surface area contributed by atoms with E-state index in [1.807, 2.05) is 18.2 Å². The first-order valence-corrected chi connectivity index (χ1v) is 10.4. The lowest BCUT2D eigenvalue weighted by molar-refractivity contribution is -0.162. The number of fused-ring (bicyclic) bond motifs is 1. The number of hydrogen-bond acceptors (Lipinski definition) is 7. The zero-order valence-corrected chi connectivity index (χ0v) is 16.7. The monoisotopic (exact) mass is 412 g/mol. The Balaban J connectivity index is 1.59. The normalized spacial score (nSPS) is 28.1. The molecule has 0 bridgehead atoms. The Morgan fingerprint density at radius 1 is 1.30 bits per heavy atom. The molecule has 2 aliphatic heterocycles. The first kappa shape index (κ1) is 19.7. The van der Waals surface area contributed by atoms with E-state index in [0.717, 1.165) is 12.0 Å². The maximum atomic E-state index is 12.8. The highest BCUT2D eigenvalue weighted by Gasteiger charge is 2.68. The topological polar surface area (TPSA) is 102 Å². The highest BCUT2D eigenvalue weighted by atomic mass is 32.2. The third-order valence-corrected chi connectivity index (χ3v) is 7.47. The Hall–Kier alpha value is -2.07. The van der Waals surface area contributed by atoms with Crippen LogP contribution in [0, 0.1) is 0 Å². The molecule has 8 nitrogen and oxygen atoms in total. The van der Waals surface area contributed by atoms with Crippen LogP contribution in [0.4, 0.5) is 0 Å². The summed E-state index contributed by atoms with van der Waals surface area (Å²) in [6.07, 6.45) is 0. The molecule has 0 saturated carbocycles. The van der Waals surface area contributed by atoms with Gasteiger partial charge in [0.2, 0.25) is 11.8 Å². The number of nitrogens with zero attached hydrogens (tertiary/aromatic N) is 1. The van der Waals surface area contributed by atoms with Gasteiger partial charge in [0.15, 0.2) is 0 Å². The molecule has 0 aromatic heterocycles. The molecule has 3 rings (SSSR count). The Bertz CT molecular complexity index is 785. The molecule has 146 valence electrons. The molecule has 2 saturated heterocycles. The van der Waals surface area contributed by atoms with Gasteiger partial charge in [-0.2, -0.15) is 0 Å². The van der Waals surface area contributed by atoms with E-state index in [4.69, 9.17) is 8.92 Å². The number of β-lactam (4-membered cyclic amide) rings is 1. The second-order valence-electron chi connectivity index (χ2n) is 6.67. The first-order valence-electron chi connectivity index (χ1n) is 8.23. The van der Waals surface area contributed by atoms with Gasteiger partial charge in [-0.25, -0.2) is 4.79 Å². The van der Waals surface area contributed by atoms with Gasteiger partial charge in [-0.3, -0.25) is 13.8 Å². The molecule has 2 aliphatic rings. The minimum absolute atomic E-state index is 0.0259. The molecule has 0 radical (unpaired) electrons. The van der Waals surface area contributed by atoms with Crippen molar-refractivity contribution in [3.8, 4) is 5.75 Å². The summed E-state index contributed by atoms with van der Waals surface area (Å²) in [5.41, 5.74) is 0. The lowest BCUT2D eigenvalue weighted by Gasteiger charge is -2.43. The average Bonchev–Trinajstić information content (AvgIpc) is 2.84. The van der Waals surface area contributed by atoms with Crippen LogP contribution in [0.3, 0.4) is 0 Å². The van der Waals surface area contributed by atoms with Crippen molar-refractivity contribution in [3.05, 3.63) is 30.3 Å². The Kier molecular flexibility index (Phi) is 5.48. The molecule has 1 unspecified atom stereocenters. The summed E-state index contributed by atoms with van der Waals surface area (Å²) >= 11 is 0.940. The van der Waals surface area contributed by atoms with Crippen molar-refractivity contribution in [2.45, 2.75) is 36.1 Å². The highest BCUT2D eigenvalue weighted by Crippen LogP contribution is 2.43. The number of para-hydroxylation sites is 1. The molecule has 4 atom stereocenters. The lowest BCUT2D eigenvalue weighted by Crippen LogP contribution is -2.71. The maximum Gasteiger partial charge on any atom is 0.330 e. The number of esters is 1. The van der Waals surface area contributed by atoms with Gasteiger partial charge in [0.05, 0.1) is 34.7 Å². The van der Waals surface area contributed by atoms with Crippen molar-refractivity contribution in [3.63, 3.8) is 0 Å². The number of methoxy groups -OCH3 is 1. The molecule has 1 aromatic carbocycles. The number of benzene rings is 1. The molecule has 2 amide bonds. The number of amides is 2. The van der Waals surface area contributed by atoms with Crippen molar-refractivity contribution in [2.75, 3.05) is 12.9 Å². The van der Waals surface area contributed by atoms with E-state index in [-0.39, 0.29) is 5.75 Å². The number of ether oxygens (including phenoxy) is 1. The van der Waals surface area contributed by atoms with Crippen LogP contribution in [0.25, 0.3) is 0 Å². The Labute approximate surface area is 163 Å². The van der Waals surface area contributed by atoms with Crippen LogP contribution in [0.5, 0.6) is 5.75 Å². The largest absolute Gasteiger partial charge is 0.467 e. The molecule has 10 heteroatoms. The van der Waals surface area contributed by atoms with Crippen LogP contribution in [0.1, 0.15) is 13.8 Å². The molecule has 1 aromatic rings. The molecule has 0 spiro atoms. The predicted octanol–water partition coefficient (Wildman–Crippen LogP) is 0.449. The standard InChI is InChI=1S/C17H20N2O6S2/c1-17(2)13(16(22)24-3)19-14(21)12(15(19)27(17)23)18-11(20)9-26-25-10-7-5-4-6-8-10/h4-8,12-13,15H,9H2,1-3H3,(H,18,20)/t12-,13+,15-,27?/m1/s1. The minimum Gasteiger partial charge on any atom is -0.467 e. The van der Waals surface area contributed by atoms with Gasteiger partial charge in [0.1, 0.15) is 29.0 Å². The third kappa shape index (κ3) is 3.43. The summed E-state index contributed by atoms with van der Waals surface area (Å²) in [5.74, 6) is -0.870. The van der Waals surface area contributed by atoms with Crippen molar-refractivity contribution in [1.82, 2.24) is 10.2 Å². The zero-order chi connectivity index (χ0) is 19.8. The summed E-state index contributed by atoms with van der Waals surface area (Å²) in [7, 11) is -0.300. The van der Waals surface area contributed by atoms with Crippen LogP contribution >= 0.6 is 12.0 Å². The summed E-state index contributed by atoms with van der Waals surface area (Å²) in [5, 5.41) is 1.86. The quantitative estimate of drug-likeness (QED) is 0.411. The summed E-state index contributed by atoms with van der Waals surface area (Å²) in [6, 6.07) is 7.15. The smallest absolute Gasteiger partial charge is 0.330 e. The Morgan fingerprint density at radius 2 is 1.96 bits per heavy atom. The fourth-order valence-electron chi connectivity index (χ4n) is 3.23. The molecule has 0 aliphatic carbocycles. The second-order valence-corrected chi connectivity index (χ2v) is 9.49. The van der Waals surface area contributed by atoms with Crippen LogP contribution in [0.2, 0.25) is 0 Å². The van der Waals surface area contributed by atoms with Gasteiger partial charge in [-0.15, -0.1) is 0 Å². The number of carbonyl (C=O) groups is 3. The van der Waals surface area contributed by atoms with Crippen molar-refractivity contribution in [2.24, 2.45) is 0 Å². The van der Waals surface area contributed by atoms with Crippen LogP contribution in [-0.4, -0.2) is 62.0 Å². The minimum atomic E-state index is -1.52. The summed E-state index contributed by atoms with van der Waals surface area (Å²) in [6.45, 7) is 3.30. The number of rotatable bonds is 6. The summed E-state index contributed by atoms with van der Waals surface area (Å²) < 4.78 is 22.0. The van der Waals surface area contributed by atoms with E-state index in [0.29, 0.717) is 5.75 Å². The molecular formula is C17H20N2O6S2. The SMILES string of the molecule is COC(=O)[C@@H]1N2C(=O)[C@@H](NC(=O)CSOc3ccccc3)[C@H]2S(=O)C1(C)C. The molecule has 27 heavy (non-hydrogen) atoms. The van der Waals surface area contributed by atoms with Gasteiger partial charge in [-0.1, -0.05) is 18.2 Å². The maximum absolute atomic E-state index is 12.8. The lowest BCUT2D eigenvalue weighted by atomic mass is 9.96. The van der Waals surface area contributed by atoms with Gasteiger partial charge < -0.3 is 19.1 Å². The highest BCUT2D eigenvalue weighted by molar-refractivity contribution is 7.95. The van der Waals surface area contributed by atoms with E-state index < -0.39 is 50.8 Å². The molecular weight excluding hydrogens is 392 g/mol. The fraction of sp³-hybridized carbons (Fsp3) is 0.471. The summed E-state index contributed by atoms with van der Waals surface area (Å²) in [4.78, 5) is 37.9. The van der Waals surface area contributed by atoms with Gasteiger partial charge in [0, 0.05) is 0 Å². The van der Waals surface area contributed by atoms with Crippen LogP contribution in [-0.2, 0) is 29.9 Å². The molecule has 1 N–H and O–H groups in total. The average molecular weight is 412 g/mol.